The number of benzene rings is 1. The number of amides is 1. The number of aliphatic hydroxyl groups excluding tert-OH is 2. The van der Waals surface area contributed by atoms with Crippen molar-refractivity contribution in [3.8, 4) is 0 Å². The number of anilines is 1. The largest absolute Gasteiger partial charge is 0.478 e. The molecule has 0 radical (unpaired) electrons. The number of ether oxygens (including phenoxy) is 1. The molecule has 1 aliphatic heterocycles. The third-order valence-electron chi connectivity index (χ3n) is 7.55. The average molecular weight is 594 g/mol. The van der Waals surface area contributed by atoms with E-state index in [2.05, 4.69) is 17.2 Å². The van der Waals surface area contributed by atoms with Crippen LogP contribution in [0, 0.1) is 0 Å². The Morgan fingerprint density at radius 2 is 1.69 bits per heavy atom. The molecule has 3 rings (SSSR count). The lowest BCUT2D eigenvalue weighted by molar-refractivity contribution is -0.141. The van der Waals surface area contributed by atoms with E-state index in [9.17, 15) is 33.4 Å². The molecular weight excluding hydrogens is 552 g/mol. The van der Waals surface area contributed by atoms with Crippen LogP contribution < -0.4 is 11.0 Å². The van der Waals surface area contributed by atoms with Crippen LogP contribution in [-0.2, 0) is 22.4 Å². The number of nitrogens with one attached hydrogen (secondary N) is 1. The van der Waals surface area contributed by atoms with Crippen LogP contribution in [0.15, 0.2) is 35.3 Å². The lowest BCUT2D eigenvalue weighted by atomic mass is 9.94. The number of carboxylic acid groups (broad SMARTS) is 1. The van der Waals surface area contributed by atoms with Crippen molar-refractivity contribution in [1.82, 2.24) is 9.55 Å². The predicted octanol–water partition coefficient (Wildman–Crippen LogP) is 4.47. The van der Waals surface area contributed by atoms with Gasteiger partial charge in [-0.3, -0.25) is 9.36 Å². The number of aliphatic hydroxyl groups is 2. The number of unbranched alkanes of at least 4 members (excludes halogenated alkanes) is 9. The Balaban J connectivity index is 1.60. The summed E-state index contributed by atoms with van der Waals surface area (Å²) >= 11 is 0. The third kappa shape index (κ3) is 8.65. The highest BCUT2D eigenvalue weighted by Gasteiger charge is 2.59. The van der Waals surface area contributed by atoms with Crippen LogP contribution in [-0.4, -0.2) is 61.5 Å². The van der Waals surface area contributed by atoms with Gasteiger partial charge < -0.3 is 25.4 Å². The number of carbonyl (C=O) groups is 2. The zero-order chi connectivity index (χ0) is 30.7. The van der Waals surface area contributed by atoms with Crippen LogP contribution in [0.3, 0.4) is 0 Å². The summed E-state index contributed by atoms with van der Waals surface area (Å²) < 4.78 is 34.3. The lowest BCUT2D eigenvalue weighted by Gasteiger charge is -2.21. The highest BCUT2D eigenvalue weighted by atomic mass is 19.3. The van der Waals surface area contributed by atoms with Crippen LogP contribution in [0.2, 0.25) is 0 Å². The number of aromatic nitrogens is 2. The Labute approximate surface area is 243 Å². The first-order valence-corrected chi connectivity index (χ1v) is 14.6. The maximum Gasteiger partial charge on any atom is 0.351 e. The summed E-state index contributed by atoms with van der Waals surface area (Å²) in [7, 11) is 0. The number of aromatic carboxylic acids is 1. The zero-order valence-electron chi connectivity index (χ0n) is 23.9. The van der Waals surface area contributed by atoms with Crippen molar-refractivity contribution in [2.24, 2.45) is 0 Å². The summed E-state index contributed by atoms with van der Waals surface area (Å²) in [5.41, 5.74) is -0.0352. The monoisotopic (exact) mass is 593 g/mol. The second-order valence-electron chi connectivity index (χ2n) is 10.7. The summed E-state index contributed by atoms with van der Waals surface area (Å²) in [6, 6.07) is 6.00. The molecule has 0 saturated carbocycles. The summed E-state index contributed by atoms with van der Waals surface area (Å²) in [6.07, 6.45) is 6.83. The molecule has 4 N–H and O–H groups in total. The number of alkyl halides is 2. The van der Waals surface area contributed by atoms with Crippen molar-refractivity contribution >= 4 is 17.7 Å². The number of halogens is 2. The number of carbonyl (C=O) groups excluding carboxylic acids is 1. The van der Waals surface area contributed by atoms with Crippen LogP contribution in [0.25, 0.3) is 0 Å². The fourth-order valence-corrected chi connectivity index (χ4v) is 5.21. The molecule has 1 fully saturated rings. The topological polar surface area (TPSA) is 151 Å². The van der Waals surface area contributed by atoms with Gasteiger partial charge in [0, 0.05) is 6.20 Å². The van der Waals surface area contributed by atoms with E-state index in [0.29, 0.717) is 16.6 Å². The number of rotatable bonds is 17. The van der Waals surface area contributed by atoms with Crippen molar-refractivity contribution in [3.63, 3.8) is 0 Å². The molecule has 2 heterocycles. The van der Waals surface area contributed by atoms with Crippen molar-refractivity contribution in [2.45, 2.75) is 108 Å². The fourth-order valence-electron chi connectivity index (χ4n) is 5.21. The van der Waals surface area contributed by atoms with E-state index >= 15 is 0 Å². The molecule has 1 aromatic carbocycles. The summed E-state index contributed by atoms with van der Waals surface area (Å²) in [5.74, 6) is -5.87. The second-order valence-corrected chi connectivity index (χ2v) is 10.7. The molecule has 0 aliphatic carbocycles. The smallest absolute Gasteiger partial charge is 0.351 e. The van der Waals surface area contributed by atoms with E-state index in [1.165, 1.54) is 44.6 Å². The highest BCUT2D eigenvalue weighted by molar-refractivity contribution is 5.96. The standard InChI is InChI=1S/C30H41F2N3O7/c1-2-3-4-5-6-7-8-9-10-11-13-20-14-12-15-21(27(39)40)22(20)18-25(37)33-24-16-17-35(29(41)34-24)28-30(31,32)26(38)23(19-36)42-28/h12,14-17,23,26,28,36,38H,2-11,13,18-19H2,1H3,(H,39,40)(H,33,34,37,41)/t23-,26-,28-/m1/s1. The van der Waals surface area contributed by atoms with Gasteiger partial charge in [0.05, 0.1) is 18.6 Å². The number of aryl methyl sites for hydroxylation is 1. The van der Waals surface area contributed by atoms with Gasteiger partial charge in [-0.1, -0.05) is 76.8 Å². The van der Waals surface area contributed by atoms with Crippen molar-refractivity contribution < 1.29 is 38.4 Å². The van der Waals surface area contributed by atoms with E-state index in [1.54, 1.807) is 12.1 Å². The fraction of sp³-hybridized carbons (Fsp3) is 0.600. The average Bonchev–Trinajstić information content (AvgIpc) is 3.18. The van der Waals surface area contributed by atoms with Crippen LogP contribution in [0.1, 0.15) is 98.8 Å². The van der Waals surface area contributed by atoms with Gasteiger partial charge in [0.2, 0.25) is 12.1 Å². The molecule has 0 unspecified atom stereocenters. The Bertz CT molecular complexity index is 1250. The zero-order valence-corrected chi connectivity index (χ0v) is 23.9. The molecule has 1 aromatic heterocycles. The van der Waals surface area contributed by atoms with Crippen LogP contribution in [0.5, 0.6) is 0 Å². The first kappa shape index (κ1) is 33.3. The van der Waals surface area contributed by atoms with Gasteiger partial charge in [0.15, 0.2) is 6.10 Å². The molecule has 232 valence electrons. The summed E-state index contributed by atoms with van der Waals surface area (Å²) in [4.78, 5) is 40.9. The Kier molecular flexibility index (Phi) is 12.6. The Morgan fingerprint density at radius 3 is 2.26 bits per heavy atom. The van der Waals surface area contributed by atoms with E-state index in [0.717, 1.165) is 43.5 Å². The molecular formula is C30H41F2N3O7. The maximum atomic E-state index is 14.4. The van der Waals surface area contributed by atoms with Crippen LogP contribution >= 0.6 is 0 Å². The van der Waals surface area contributed by atoms with Crippen molar-refractivity contribution in [2.75, 3.05) is 11.9 Å². The van der Waals surface area contributed by atoms with E-state index < -0.39 is 48.5 Å². The van der Waals surface area contributed by atoms with Crippen LogP contribution in [0.4, 0.5) is 14.6 Å². The highest BCUT2D eigenvalue weighted by Crippen LogP contribution is 2.42. The van der Waals surface area contributed by atoms with E-state index in [4.69, 9.17) is 9.84 Å². The van der Waals surface area contributed by atoms with Crippen molar-refractivity contribution in [3.05, 3.63) is 57.6 Å². The predicted molar refractivity (Wildman–Crippen MR) is 152 cm³/mol. The Hall–Kier alpha value is -3.22. The third-order valence-corrected chi connectivity index (χ3v) is 7.55. The number of hydrogen-bond acceptors (Lipinski definition) is 7. The summed E-state index contributed by atoms with van der Waals surface area (Å²) in [5, 5.41) is 31.0. The van der Waals surface area contributed by atoms with Gasteiger partial charge in [0.25, 0.3) is 0 Å². The van der Waals surface area contributed by atoms with Gasteiger partial charge in [-0.05, 0) is 36.1 Å². The van der Waals surface area contributed by atoms with Gasteiger partial charge in [0.1, 0.15) is 11.9 Å². The normalized spacial score (nSPS) is 19.6. The molecule has 0 bridgehead atoms. The molecule has 1 aliphatic rings. The molecule has 0 spiro atoms. The number of hydrogen-bond donors (Lipinski definition) is 4. The molecule has 3 atom stereocenters. The Morgan fingerprint density at radius 1 is 1.05 bits per heavy atom. The van der Waals surface area contributed by atoms with E-state index in [-0.39, 0.29) is 17.8 Å². The van der Waals surface area contributed by atoms with E-state index in [1.807, 2.05) is 0 Å². The quantitative estimate of drug-likeness (QED) is 0.196. The molecule has 1 amide bonds. The SMILES string of the molecule is CCCCCCCCCCCCc1cccc(C(=O)O)c1CC(=O)Nc1ccn([C@@H]2O[C@H](CO)[C@@H](O)C2(F)F)c(=O)n1. The minimum Gasteiger partial charge on any atom is -0.478 e. The summed E-state index contributed by atoms with van der Waals surface area (Å²) in [6.45, 7) is 1.33. The molecule has 12 heteroatoms. The minimum absolute atomic E-state index is 0.00992. The van der Waals surface area contributed by atoms with Gasteiger partial charge in [-0.2, -0.15) is 13.8 Å². The first-order chi connectivity index (χ1) is 20.1. The van der Waals surface area contributed by atoms with Gasteiger partial charge in [-0.15, -0.1) is 0 Å². The first-order valence-electron chi connectivity index (χ1n) is 14.6. The minimum atomic E-state index is -3.87. The molecule has 1 saturated heterocycles. The molecule has 2 aromatic rings. The lowest BCUT2D eigenvalue weighted by Crippen LogP contribution is -2.41. The van der Waals surface area contributed by atoms with Crippen molar-refractivity contribution in [1.29, 1.82) is 0 Å². The second kappa shape index (κ2) is 15.9. The number of carboxylic acids is 1. The number of nitrogens with zero attached hydrogens (tertiary/aromatic N) is 2. The van der Waals surface area contributed by atoms with Gasteiger partial charge >= 0.3 is 17.6 Å². The molecule has 42 heavy (non-hydrogen) atoms. The molecule has 10 nitrogen and oxygen atoms in total. The van der Waals surface area contributed by atoms with Gasteiger partial charge in [-0.25, -0.2) is 9.59 Å². The maximum absolute atomic E-state index is 14.4.